The topological polar surface area (TPSA) is 54.9 Å². The highest BCUT2D eigenvalue weighted by Gasteiger charge is 2.32. The van der Waals surface area contributed by atoms with Gasteiger partial charge >= 0.3 is 0 Å². The Labute approximate surface area is 166 Å². The number of ether oxygens (including phenoxy) is 2. The molecular formula is C17H27ClIN3O2. The molecule has 1 aromatic rings. The van der Waals surface area contributed by atoms with Crippen molar-refractivity contribution in [1.82, 2.24) is 10.6 Å². The fourth-order valence-corrected chi connectivity index (χ4v) is 2.90. The number of hydrogen-bond donors (Lipinski definition) is 2. The molecule has 2 rings (SSSR count). The summed E-state index contributed by atoms with van der Waals surface area (Å²) >= 11 is 6.06. The highest BCUT2D eigenvalue weighted by Crippen LogP contribution is 2.23. The van der Waals surface area contributed by atoms with E-state index in [2.05, 4.69) is 22.5 Å². The maximum Gasteiger partial charge on any atom is 0.191 e. The molecule has 1 heterocycles. The lowest BCUT2D eigenvalue weighted by Crippen LogP contribution is -2.51. The van der Waals surface area contributed by atoms with Crippen LogP contribution in [0.25, 0.3) is 0 Å². The summed E-state index contributed by atoms with van der Waals surface area (Å²) in [6, 6.07) is 7.94. The molecule has 2 N–H and O–H groups in total. The number of rotatable bonds is 5. The Balaban J connectivity index is 0.00000288. The molecule has 0 bridgehead atoms. The van der Waals surface area contributed by atoms with E-state index in [-0.39, 0.29) is 35.6 Å². The molecule has 5 nitrogen and oxygen atoms in total. The van der Waals surface area contributed by atoms with Crippen LogP contribution in [0.5, 0.6) is 0 Å². The standard InChI is InChI=1S/C17H26ClN3O2.HI/c1-13(14-5-4-6-15(18)11-14)21-16(19-2)20-12-17(22-3)7-9-23-10-8-17;/h4-6,11,13H,7-10,12H2,1-3H3,(H2,19,20,21);1H. The first kappa shape index (κ1) is 21.5. The van der Waals surface area contributed by atoms with Gasteiger partial charge in [0.05, 0.1) is 11.6 Å². The van der Waals surface area contributed by atoms with Crippen LogP contribution >= 0.6 is 35.6 Å². The molecule has 0 spiro atoms. The van der Waals surface area contributed by atoms with Crippen LogP contribution in [0, 0.1) is 0 Å². The number of aliphatic imine (C=N–C) groups is 1. The Kier molecular flexibility index (Phi) is 9.33. The summed E-state index contributed by atoms with van der Waals surface area (Å²) in [5, 5.41) is 7.49. The fraction of sp³-hybridized carbons (Fsp3) is 0.588. The third-order valence-corrected chi connectivity index (χ3v) is 4.58. The van der Waals surface area contributed by atoms with Gasteiger partial charge in [0.1, 0.15) is 0 Å². The second-order valence-electron chi connectivity index (χ2n) is 5.85. The lowest BCUT2D eigenvalue weighted by Gasteiger charge is -2.36. The Morgan fingerprint density at radius 3 is 2.71 bits per heavy atom. The van der Waals surface area contributed by atoms with E-state index in [1.54, 1.807) is 14.2 Å². The number of nitrogens with zero attached hydrogens (tertiary/aromatic N) is 1. The number of nitrogens with one attached hydrogen (secondary N) is 2. The number of halogens is 2. The zero-order valence-corrected chi connectivity index (χ0v) is 17.6. The van der Waals surface area contributed by atoms with E-state index in [0.717, 1.165) is 42.6 Å². The van der Waals surface area contributed by atoms with E-state index in [1.807, 2.05) is 24.3 Å². The quantitative estimate of drug-likeness (QED) is 0.396. The van der Waals surface area contributed by atoms with Gasteiger partial charge < -0.3 is 20.1 Å². The van der Waals surface area contributed by atoms with Crippen molar-refractivity contribution in [3.63, 3.8) is 0 Å². The predicted octanol–water partition coefficient (Wildman–Crippen LogP) is 3.38. The zero-order valence-electron chi connectivity index (χ0n) is 14.5. The summed E-state index contributed by atoms with van der Waals surface area (Å²) in [5.74, 6) is 0.750. The third kappa shape index (κ3) is 6.06. The largest absolute Gasteiger partial charge is 0.381 e. The Bertz CT molecular complexity index is 536. The molecule has 24 heavy (non-hydrogen) atoms. The molecule has 7 heteroatoms. The van der Waals surface area contributed by atoms with Gasteiger partial charge in [-0.15, -0.1) is 24.0 Å². The number of benzene rings is 1. The number of methoxy groups -OCH3 is 1. The van der Waals surface area contributed by atoms with Gasteiger partial charge in [0, 0.05) is 51.8 Å². The lowest BCUT2D eigenvalue weighted by atomic mass is 9.94. The average molecular weight is 468 g/mol. The van der Waals surface area contributed by atoms with E-state index < -0.39 is 0 Å². The minimum absolute atomic E-state index is 0. The molecule has 1 saturated heterocycles. The summed E-state index contributed by atoms with van der Waals surface area (Å²) in [5.41, 5.74) is 0.933. The molecule has 1 aliphatic rings. The van der Waals surface area contributed by atoms with Crippen LogP contribution in [0.15, 0.2) is 29.3 Å². The molecular weight excluding hydrogens is 441 g/mol. The molecule has 136 valence electrons. The summed E-state index contributed by atoms with van der Waals surface area (Å²) < 4.78 is 11.2. The highest BCUT2D eigenvalue weighted by molar-refractivity contribution is 14.0. The predicted molar refractivity (Wildman–Crippen MR) is 110 cm³/mol. The molecule has 1 aliphatic heterocycles. The van der Waals surface area contributed by atoms with E-state index in [4.69, 9.17) is 21.1 Å². The van der Waals surface area contributed by atoms with E-state index >= 15 is 0 Å². The zero-order chi connectivity index (χ0) is 16.7. The lowest BCUT2D eigenvalue weighted by molar-refractivity contribution is -0.0855. The Morgan fingerprint density at radius 1 is 1.42 bits per heavy atom. The monoisotopic (exact) mass is 467 g/mol. The van der Waals surface area contributed by atoms with Gasteiger partial charge in [-0.1, -0.05) is 23.7 Å². The Morgan fingerprint density at radius 2 is 2.12 bits per heavy atom. The molecule has 0 saturated carbocycles. The maximum absolute atomic E-state index is 6.06. The van der Waals surface area contributed by atoms with E-state index in [9.17, 15) is 0 Å². The van der Waals surface area contributed by atoms with E-state index in [1.165, 1.54) is 0 Å². The first-order valence-corrected chi connectivity index (χ1v) is 8.32. The van der Waals surface area contributed by atoms with Crippen molar-refractivity contribution in [3.05, 3.63) is 34.9 Å². The summed E-state index contributed by atoms with van der Waals surface area (Å²) in [4.78, 5) is 4.30. The molecule has 0 radical (unpaired) electrons. The van der Waals surface area contributed by atoms with Crippen LogP contribution in [-0.2, 0) is 9.47 Å². The van der Waals surface area contributed by atoms with Crippen LogP contribution in [-0.4, -0.2) is 45.5 Å². The van der Waals surface area contributed by atoms with Crippen LogP contribution in [0.3, 0.4) is 0 Å². The Hall–Kier alpha value is -0.570. The number of guanidine groups is 1. The average Bonchev–Trinajstić information content (AvgIpc) is 2.59. The van der Waals surface area contributed by atoms with Gasteiger partial charge in [-0.3, -0.25) is 4.99 Å². The van der Waals surface area contributed by atoms with Gasteiger partial charge in [-0.05, 0) is 24.6 Å². The third-order valence-electron chi connectivity index (χ3n) is 4.34. The van der Waals surface area contributed by atoms with Crippen molar-refractivity contribution in [3.8, 4) is 0 Å². The molecule has 1 aromatic carbocycles. The minimum Gasteiger partial charge on any atom is -0.381 e. The summed E-state index contributed by atoms with van der Waals surface area (Å²) in [6.07, 6.45) is 1.77. The van der Waals surface area contributed by atoms with Gasteiger partial charge in [0.15, 0.2) is 5.96 Å². The van der Waals surface area contributed by atoms with Crippen molar-refractivity contribution in [2.45, 2.75) is 31.4 Å². The van der Waals surface area contributed by atoms with Crippen molar-refractivity contribution >= 4 is 41.5 Å². The highest BCUT2D eigenvalue weighted by atomic mass is 127. The normalized spacial score (nSPS) is 18.4. The molecule has 0 aliphatic carbocycles. The van der Waals surface area contributed by atoms with Crippen molar-refractivity contribution in [2.24, 2.45) is 4.99 Å². The van der Waals surface area contributed by atoms with Gasteiger partial charge in [-0.25, -0.2) is 0 Å². The van der Waals surface area contributed by atoms with Crippen LogP contribution in [0.2, 0.25) is 5.02 Å². The van der Waals surface area contributed by atoms with Crippen molar-refractivity contribution in [2.75, 3.05) is 33.9 Å². The van der Waals surface area contributed by atoms with E-state index in [0.29, 0.717) is 6.54 Å². The van der Waals surface area contributed by atoms with Crippen molar-refractivity contribution in [1.29, 1.82) is 0 Å². The van der Waals surface area contributed by atoms with Gasteiger partial charge in [0.25, 0.3) is 0 Å². The van der Waals surface area contributed by atoms with Gasteiger partial charge in [-0.2, -0.15) is 0 Å². The van der Waals surface area contributed by atoms with Crippen molar-refractivity contribution < 1.29 is 9.47 Å². The SMILES string of the molecule is CN=C(NCC1(OC)CCOCC1)NC(C)c1cccc(Cl)c1.I. The summed E-state index contributed by atoms with van der Waals surface area (Å²) in [6.45, 7) is 4.26. The van der Waals surface area contributed by atoms with Crippen LogP contribution in [0.4, 0.5) is 0 Å². The minimum atomic E-state index is -0.185. The maximum atomic E-state index is 6.06. The smallest absolute Gasteiger partial charge is 0.191 e. The molecule has 0 aromatic heterocycles. The fourth-order valence-electron chi connectivity index (χ4n) is 2.70. The second kappa shape index (κ2) is 10.4. The number of hydrogen-bond acceptors (Lipinski definition) is 3. The molecule has 0 amide bonds. The van der Waals surface area contributed by atoms with Crippen LogP contribution in [0.1, 0.15) is 31.4 Å². The summed E-state index contributed by atoms with van der Waals surface area (Å²) in [7, 11) is 3.53. The first-order chi connectivity index (χ1) is 11.1. The first-order valence-electron chi connectivity index (χ1n) is 7.94. The van der Waals surface area contributed by atoms with Crippen LogP contribution < -0.4 is 10.6 Å². The molecule has 1 fully saturated rings. The molecule has 1 atom stereocenters. The molecule has 1 unspecified atom stereocenters. The second-order valence-corrected chi connectivity index (χ2v) is 6.28. The van der Waals surface area contributed by atoms with Gasteiger partial charge in [0.2, 0.25) is 0 Å².